The van der Waals surface area contributed by atoms with Crippen molar-refractivity contribution >= 4 is 25.6 Å². The van der Waals surface area contributed by atoms with Gasteiger partial charge in [0.1, 0.15) is 12.5 Å². The van der Waals surface area contributed by atoms with Gasteiger partial charge < -0.3 is 20.1 Å². The molecule has 9 heteroatoms. The Hall–Kier alpha value is -2.23. The highest BCUT2D eigenvalue weighted by atomic mass is 28.3. The molecule has 0 aliphatic carbocycles. The average molecular weight is 392 g/mol. The molecular weight excluding hydrogens is 362 g/mol. The molecule has 0 fully saturated rings. The van der Waals surface area contributed by atoms with Crippen LogP contribution in [-0.4, -0.2) is 59.5 Å². The summed E-state index contributed by atoms with van der Waals surface area (Å²) in [6.07, 6.45) is 1.82. The molecule has 2 heterocycles. The SMILES string of the molecule is CN(C)C(=O)c1cc(CO)nc(Nc2ccn(COCC[Si](C)(C)C)n2)c1. The number of pyridine rings is 1. The molecule has 0 atom stereocenters. The number of aromatic nitrogens is 3. The number of carbonyl (C=O) groups is 1. The lowest BCUT2D eigenvalue weighted by molar-refractivity contribution is 0.0788. The number of hydrogen-bond donors (Lipinski definition) is 2. The smallest absolute Gasteiger partial charge is 0.253 e. The molecule has 0 aliphatic rings. The topological polar surface area (TPSA) is 92.5 Å². The molecule has 1 amide bonds. The minimum absolute atomic E-state index is 0.156. The van der Waals surface area contributed by atoms with E-state index >= 15 is 0 Å². The van der Waals surface area contributed by atoms with Crippen LogP contribution in [0.5, 0.6) is 0 Å². The van der Waals surface area contributed by atoms with Crippen molar-refractivity contribution in [1.29, 1.82) is 0 Å². The molecule has 27 heavy (non-hydrogen) atoms. The zero-order valence-electron chi connectivity index (χ0n) is 16.7. The lowest BCUT2D eigenvalue weighted by atomic mass is 10.2. The summed E-state index contributed by atoms with van der Waals surface area (Å²) < 4.78 is 7.38. The predicted molar refractivity (Wildman–Crippen MR) is 108 cm³/mol. The van der Waals surface area contributed by atoms with E-state index in [0.717, 1.165) is 12.7 Å². The fraction of sp³-hybridized carbons (Fsp3) is 0.500. The van der Waals surface area contributed by atoms with Crippen molar-refractivity contribution in [3.8, 4) is 0 Å². The van der Waals surface area contributed by atoms with Crippen molar-refractivity contribution in [2.45, 2.75) is 39.0 Å². The lowest BCUT2D eigenvalue weighted by Crippen LogP contribution is -2.22. The molecule has 0 spiro atoms. The second kappa shape index (κ2) is 9.11. The Balaban J connectivity index is 2.02. The largest absolute Gasteiger partial charge is 0.390 e. The molecule has 0 saturated heterocycles. The van der Waals surface area contributed by atoms with Crippen molar-refractivity contribution in [2.75, 3.05) is 26.0 Å². The van der Waals surface area contributed by atoms with E-state index in [1.807, 2.05) is 12.3 Å². The van der Waals surface area contributed by atoms with E-state index in [4.69, 9.17) is 4.74 Å². The fourth-order valence-electron chi connectivity index (χ4n) is 2.28. The van der Waals surface area contributed by atoms with Crippen molar-refractivity contribution < 1.29 is 14.6 Å². The highest BCUT2D eigenvalue weighted by Crippen LogP contribution is 2.17. The summed E-state index contributed by atoms with van der Waals surface area (Å²) in [4.78, 5) is 18.0. The zero-order chi connectivity index (χ0) is 20.0. The van der Waals surface area contributed by atoms with Crippen molar-refractivity contribution in [1.82, 2.24) is 19.7 Å². The number of aliphatic hydroxyl groups is 1. The third-order valence-electron chi connectivity index (χ3n) is 3.81. The third-order valence-corrected chi connectivity index (χ3v) is 5.51. The molecular formula is C18H29N5O3Si. The highest BCUT2D eigenvalue weighted by molar-refractivity contribution is 6.76. The van der Waals surface area contributed by atoms with Gasteiger partial charge >= 0.3 is 0 Å². The van der Waals surface area contributed by atoms with E-state index < -0.39 is 8.07 Å². The number of ether oxygens (including phenoxy) is 1. The first-order valence-corrected chi connectivity index (χ1v) is 12.6. The average Bonchev–Trinajstić information content (AvgIpc) is 3.04. The van der Waals surface area contributed by atoms with Gasteiger partial charge in [-0.2, -0.15) is 5.10 Å². The van der Waals surface area contributed by atoms with Gasteiger partial charge in [0.2, 0.25) is 0 Å². The van der Waals surface area contributed by atoms with Crippen LogP contribution in [0.1, 0.15) is 16.1 Å². The normalized spacial score (nSPS) is 11.5. The standard InChI is InChI=1S/C18H29N5O3Si/c1-22(2)18(25)14-10-15(12-24)19-17(11-14)20-16-6-7-23(21-16)13-26-8-9-27(3,4)5/h6-7,10-11,24H,8-9,12-13H2,1-5H3,(H,19,20,21). The Morgan fingerprint density at radius 2 is 2.04 bits per heavy atom. The minimum atomic E-state index is -1.10. The molecule has 0 bridgehead atoms. The van der Waals surface area contributed by atoms with Crippen LogP contribution in [-0.2, 0) is 18.1 Å². The summed E-state index contributed by atoms with van der Waals surface area (Å²) in [5.74, 6) is 0.891. The van der Waals surface area contributed by atoms with Gasteiger partial charge in [0.15, 0.2) is 5.82 Å². The highest BCUT2D eigenvalue weighted by Gasteiger charge is 2.13. The van der Waals surface area contributed by atoms with Gasteiger partial charge in [0, 0.05) is 46.6 Å². The molecule has 0 saturated carbocycles. The van der Waals surface area contributed by atoms with E-state index in [0.29, 0.717) is 29.6 Å². The van der Waals surface area contributed by atoms with Gasteiger partial charge in [-0.1, -0.05) is 19.6 Å². The van der Waals surface area contributed by atoms with Crippen LogP contribution in [0.2, 0.25) is 25.7 Å². The van der Waals surface area contributed by atoms with E-state index in [9.17, 15) is 9.90 Å². The maximum absolute atomic E-state index is 12.2. The molecule has 2 aromatic rings. The van der Waals surface area contributed by atoms with Gasteiger partial charge in [0.05, 0.1) is 12.3 Å². The van der Waals surface area contributed by atoms with Crippen LogP contribution in [0.4, 0.5) is 11.6 Å². The summed E-state index contributed by atoms with van der Waals surface area (Å²) >= 11 is 0. The van der Waals surface area contributed by atoms with Crippen LogP contribution in [0, 0.1) is 0 Å². The molecule has 0 aromatic carbocycles. The van der Waals surface area contributed by atoms with Crippen molar-refractivity contribution in [3.05, 3.63) is 35.7 Å². The number of amides is 1. The Morgan fingerprint density at radius 1 is 1.30 bits per heavy atom. The quantitative estimate of drug-likeness (QED) is 0.504. The number of rotatable bonds is 9. The molecule has 0 radical (unpaired) electrons. The van der Waals surface area contributed by atoms with Crippen molar-refractivity contribution in [2.24, 2.45) is 0 Å². The Kier molecular flexibility index (Phi) is 7.11. The number of anilines is 2. The van der Waals surface area contributed by atoms with E-state index in [-0.39, 0.29) is 12.5 Å². The Morgan fingerprint density at radius 3 is 2.67 bits per heavy atom. The molecule has 2 rings (SSSR count). The molecule has 2 aromatic heterocycles. The molecule has 2 N–H and O–H groups in total. The van der Waals surface area contributed by atoms with Crippen LogP contribution in [0.25, 0.3) is 0 Å². The van der Waals surface area contributed by atoms with Gasteiger partial charge in [-0.05, 0) is 18.2 Å². The monoisotopic (exact) mass is 391 g/mol. The van der Waals surface area contributed by atoms with Crippen LogP contribution >= 0.6 is 0 Å². The maximum atomic E-state index is 12.2. The van der Waals surface area contributed by atoms with E-state index in [1.165, 1.54) is 4.90 Å². The van der Waals surface area contributed by atoms with Gasteiger partial charge in [-0.15, -0.1) is 0 Å². The number of carbonyl (C=O) groups excluding carboxylic acids is 1. The number of nitrogens with zero attached hydrogens (tertiary/aromatic N) is 4. The van der Waals surface area contributed by atoms with E-state index in [2.05, 4.69) is 35.0 Å². The molecule has 148 valence electrons. The first-order chi connectivity index (χ1) is 12.7. The third kappa shape index (κ3) is 6.78. The molecule has 0 aliphatic heterocycles. The summed E-state index contributed by atoms with van der Waals surface area (Å²) in [5, 5.41) is 16.9. The van der Waals surface area contributed by atoms with Gasteiger partial charge in [0.25, 0.3) is 5.91 Å². The number of aliphatic hydroxyl groups excluding tert-OH is 1. The lowest BCUT2D eigenvalue weighted by Gasteiger charge is -2.15. The van der Waals surface area contributed by atoms with Crippen LogP contribution in [0.3, 0.4) is 0 Å². The summed E-state index contributed by atoms with van der Waals surface area (Å²) in [7, 11) is 2.26. The zero-order valence-corrected chi connectivity index (χ0v) is 17.7. The second-order valence-electron chi connectivity index (χ2n) is 7.80. The molecule has 0 unspecified atom stereocenters. The van der Waals surface area contributed by atoms with Crippen LogP contribution < -0.4 is 5.32 Å². The molecule has 8 nitrogen and oxygen atoms in total. The predicted octanol–water partition coefficient (Wildman–Crippen LogP) is 2.53. The second-order valence-corrected chi connectivity index (χ2v) is 13.4. The fourth-order valence-corrected chi connectivity index (χ4v) is 3.04. The number of hydrogen-bond acceptors (Lipinski definition) is 6. The minimum Gasteiger partial charge on any atom is -0.390 e. The summed E-state index contributed by atoms with van der Waals surface area (Å²) in [6, 6.07) is 6.14. The Bertz CT molecular complexity index is 771. The van der Waals surface area contributed by atoms with Crippen LogP contribution in [0.15, 0.2) is 24.4 Å². The summed E-state index contributed by atoms with van der Waals surface area (Å²) in [5.41, 5.74) is 0.870. The van der Waals surface area contributed by atoms with E-state index in [1.54, 1.807) is 30.9 Å². The van der Waals surface area contributed by atoms with Gasteiger partial charge in [-0.25, -0.2) is 9.67 Å². The Labute approximate surface area is 161 Å². The number of nitrogens with one attached hydrogen (secondary N) is 1. The van der Waals surface area contributed by atoms with Crippen molar-refractivity contribution in [3.63, 3.8) is 0 Å². The van der Waals surface area contributed by atoms with Gasteiger partial charge in [-0.3, -0.25) is 4.79 Å². The first kappa shape index (κ1) is 21.1. The first-order valence-electron chi connectivity index (χ1n) is 8.89. The summed E-state index contributed by atoms with van der Waals surface area (Å²) in [6.45, 7) is 7.82. The maximum Gasteiger partial charge on any atom is 0.253 e.